The van der Waals surface area contributed by atoms with E-state index in [0.717, 1.165) is 30.2 Å². The zero-order valence-corrected chi connectivity index (χ0v) is 18.1. The molecule has 0 radical (unpaired) electrons. The molecule has 142 valence electrons. The summed E-state index contributed by atoms with van der Waals surface area (Å²) in [6.07, 6.45) is 0.936. The number of hydrogen-bond donors (Lipinski definition) is 3. The number of halogens is 2. The molecule has 0 aromatic heterocycles. The van der Waals surface area contributed by atoms with Crippen LogP contribution in [0, 0.1) is 11.2 Å². The van der Waals surface area contributed by atoms with Gasteiger partial charge in [0.2, 0.25) is 5.91 Å². The fourth-order valence-electron chi connectivity index (χ4n) is 1.70. The molecule has 4 N–H and O–H groups in total. The number of rotatable bonds is 9. The highest BCUT2D eigenvalue weighted by Gasteiger charge is 2.24. The first-order valence-corrected chi connectivity index (χ1v) is 9.04. The van der Waals surface area contributed by atoms with E-state index in [4.69, 9.17) is 5.73 Å². The number of carbonyl (C=O) groups excluding carboxylic acids is 1. The highest BCUT2D eigenvalue weighted by Crippen LogP contribution is 2.18. The Hall–Kier alpha value is -1.03. The van der Waals surface area contributed by atoms with Crippen molar-refractivity contribution in [1.29, 1.82) is 0 Å². The first-order chi connectivity index (χ1) is 11.3. The molecular formula is C17H28FIN4OS. The van der Waals surface area contributed by atoms with Crippen LogP contribution in [0.1, 0.15) is 27.2 Å². The van der Waals surface area contributed by atoms with Crippen molar-refractivity contribution in [3.8, 4) is 0 Å². The molecule has 0 atom stereocenters. The number of hydrogen-bond acceptors (Lipinski definition) is 3. The molecule has 0 heterocycles. The summed E-state index contributed by atoms with van der Waals surface area (Å²) in [7, 11) is 0. The first kappa shape index (κ1) is 24.0. The third kappa shape index (κ3) is 9.88. The third-order valence-electron chi connectivity index (χ3n) is 3.34. The molecule has 0 fully saturated rings. The molecule has 1 aromatic rings. The maximum absolute atomic E-state index is 12.8. The van der Waals surface area contributed by atoms with Gasteiger partial charge in [-0.15, -0.1) is 35.7 Å². The Balaban J connectivity index is 0.00000576. The molecule has 0 saturated carbocycles. The van der Waals surface area contributed by atoms with E-state index in [2.05, 4.69) is 15.6 Å². The molecule has 1 rings (SSSR count). The highest BCUT2D eigenvalue weighted by atomic mass is 127. The van der Waals surface area contributed by atoms with Gasteiger partial charge in [-0.2, -0.15) is 0 Å². The van der Waals surface area contributed by atoms with E-state index in [1.54, 1.807) is 37.7 Å². The van der Waals surface area contributed by atoms with Gasteiger partial charge in [0, 0.05) is 18.0 Å². The van der Waals surface area contributed by atoms with E-state index >= 15 is 0 Å². The summed E-state index contributed by atoms with van der Waals surface area (Å²) in [4.78, 5) is 16.8. The largest absolute Gasteiger partial charge is 0.369 e. The summed E-state index contributed by atoms with van der Waals surface area (Å²) in [5, 5.41) is 6.39. The summed E-state index contributed by atoms with van der Waals surface area (Å²) >= 11 is 1.69. The topological polar surface area (TPSA) is 79.5 Å². The molecule has 0 spiro atoms. The van der Waals surface area contributed by atoms with Crippen LogP contribution in [-0.4, -0.2) is 37.3 Å². The van der Waals surface area contributed by atoms with Crippen molar-refractivity contribution in [2.24, 2.45) is 16.1 Å². The van der Waals surface area contributed by atoms with Crippen molar-refractivity contribution < 1.29 is 9.18 Å². The van der Waals surface area contributed by atoms with E-state index < -0.39 is 5.41 Å². The van der Waals surface area contributed by atoms with Gasteiger partial charge in [0.25, 0.3) is 0 Å². The van der Waals surface area contributed by atoms with Gasteiger partial charge in [0.15, 0.2) is 5.96 Å². The molecular weight excluding hydrogens is 454 g/mol. The molecule has 0 aliphatic heterocycles. The second kappa shape index (κ2) is 12.3. The van der Waals surface area contributed by atoms with Gasteiger partial charge < -0.3 is 16.4 Å². The van der Waals surface area contributed by atoms with E-state index in [0.29, 0.717) is 12.5 Å². The summed E-state index contributed by atoms with van der Waals surface area (Å²) in [5.41, 5.74) is 4.69. The van der Waals surface area contributed by atoms with Gasteiger partial charge in [-0.25, -0.2) is 4.39 Å². The fraction of sp³-hybridized carbons (Fsp3) is 0.529. The normalized spacial score (nSPS) is 11.6. The molecule has 0 bridgehead atoms. The van der Waals surface area contributed by atoms with Crippen LogP contribution in [0.15, 0.2) is 34.2 Å². The number of thioether (sulfide) groups is 1. The quantitative estimate of drug-likeness (QED) is 0.166. The van der Waals surface area contributed by atoms with Crippen molar-refractivity contribution in [1.82, 2.24) is 10.6 Å². The van der Waals surface area contributed by atoms with Crippen LogP contribution in [0.2, 0.25) is 0 Å². The zero-order valence-electron chi connectivity index (χ0n) is 15.0. The van der Waals surface area contributed by atoms with Crippen molar-refractivity contribution in [3.05, 3.63) is 30.1 Å². The van der Waals surface area contributed by atoms with E-state index in [-0.39, 0.29) is 35.7 Å². The monoisotopic (exact) mass is 482 g/mol. The van der Waals surface area contributed by atoms with Gasteiger partial charge in [-0.1, -0.05) is 0 Å². The molecule has 8 heteroatoms. The first-order valence-electron chi connectivity index (χ1n) is 8.05. The van der Waals surface area contributed by atoms with Crippen molar-refractivity contribution in [2.45, 2.75) is 32.1 Å². The summed E-state index contributed by atoms with van der Waals surface area (Å²) in [6, 6.07) is 6.50. The lowest BCUT2D eigenvalue weighted by atomic mass is 9.93. The molecule has 0 saturated heterocycles. The van der Waals surface area contributed by atoms with Crippen LogP contribution in [-0.2, 0) is 4.79 Å². The minimum absolute atomic E-state index is 0. The summed E-state index contributed by atoms with van der Waals surface area (Å²) < 4.78 is 12.8. The van der Waals surface area contributed by atoms with E-state index in [1.165, 1.54) is 12.1 Å². The van der Waals surface area contributed by atoms with Gasteiger partial charge in [0.1, 0.15) is 5.82 Å². The Morgan fingerprint density at radius 1 is 1.28 bits per heavy atom. The van der Waals surface area contributed by atoms with Crippen molar-refractivity contribution in [2.75, 3.05) is 25.4 Å². The Kier molecular flexibility index (Phi) is 11.8. The Bertz CT molecular complexity index is 552. The fourth-order valence-corrected chi connectivity index (χ4v) is 2.55. The van der Waals surface area contributed by atoms with Crippen LogP contribution < -0.4 is 16.4 Å². The number of benzene rings is 1. The molecule has 25 heavy (non-hydrogen) atoms. The van der Waals surface area contributed by atoms with Crippen LogP contribution in [0.5, 0.6) is 0 Å². The minimum Gasteiger partial charge on any atom is -0.369 e. The SMILES string of the molecule is CCNC(=NCC(C)(C)C(N)=O)NCCCSc1ccc(F)cc1.I. The third-order valence-corrected chi connectivity index (χ3v) is 4.44. The van der Waals surface area contributed by atoms with Gasteiger partial charge in [-0.3, -0.25) is 9.79 Å². The zero-order chi connectivity index (χ0) is 18.0. The van der Waals surface area contributed by atoms with Gasteiger partial charge in [0.05, 0.1) is 12.0 Å². The minimum atomic E-state index is -0.666. The average molecular weight is 482 g/mol. The molecule has 0 aliphatic rings. The standard InChI is InChI=1S/C17H27FN4OS.HI/c1-4-20-16(22-12-17(2,3)15(19)23)21-10-5-11-24-14-8-6-13(18)7-9-14;/h6-9H,4-5,10-12H2,1-3H3,(H2,19,23)(H2,20,21,22);1H. The Morgan fingerprint density at radius 3 is 2.48 bits per heavy atom. The van der Waals surface area contributed by atoms with Crippen molar-refractivity contribution >= 4 is 47.6 Å². The second-order valence-corrected chi connectivity index (χ2v) is 7.19. The predicted molar refractivity (Wildman–Crippen MR) is 114 cm³/mol. The molecule has 0 aliphatic carbocycles. The Labute approximate surface area is 170 Å². The smallest absolute Gasteiger partial charge is 0.224 e. The highest BCUT2D eigenvalue weighted by molar-refractivity contribution is 14.0. The predicted octanol–water partition coefficient (Wildman–Crippen LogP) is 2.99. The van der Waals surface area contributed by atoms with Crippen LogP contribution >= 0.6 is 35.7 Å². The molecule has 5 nitrogen and oxygen atoms in total. The van der Waals surface area contributed by atoms with E-state index in [9.17, 15) is 9.18 Å². The summed E-state index contributed by atoms with van der Waals surface area (Å²) in [6.45, 7) is 7.39. The van der Waals surface area contributed by atoms with Crippen LogP contribution in [0.3, 0.4) is 0 Å². The number of guanidine groups is 1. The van der Waals surface area contributed by atoms with E-state index in [1.807, 2.05) is 6.92 Å². The molecule has 1 amide bonds. The van der Waals surface area contributed by atoms with Crippen LogP contribution in [0.4, 0.5) is 4.39 Å². The number of carbonyl (C=O) groups is 1. The van der Waals surface area contributed by atoms with Gasteiger partial charge in [-0.05, 0) is 57.2 Å². The second-order valence-electron chi connectivity index (χ2n) is 6.03. The number of aliphatic imine (C=N–C) groups is 1. The van der Waals surface area contributed by atoms with Crippen molar-refractivity contribution in [3.63, 3.8) is 0 Å². The number of amides is 1. The number of primary amides is 1. The number of nitrogens with one attached hydrogen (secondary N) is 2. The maximum Gasteiger partial charge on any atom is 0.224 e. The Morgan fingerprint density at radius 2 is 1.92 bits per heavy atom. The lowest BCUT2D eigenvalue weighted by Gasteiger charge is -2.19. The van der Waals surface area contributed by atoms with Gasteiger partial charge >= 0.3 is 0 Å². The van der Waals surface area contributed by atoms with Crippen LogP contribution in [0.25, 0.3) is 0 Å². The average Bonchev–Trinajstić information content (AvgIpc) is 2.53. The summed E-state index contributed by atoms with van der Waals surface area (Å²) in [5.74, 6) is 1.02. The lowest BCUT2D eigenvalue weighted by molar-refractivity contribution is -0.125. The lowest BCUT2D eigenvalue weighted by Crippen LogP contribution is -2.40. The molecule has 1 aromatic carbocycles. The number of nitrogens with two attached hydrogens (primary N) is 1. The maximum atomic E-state index is 12.8. The molecule has 0 unspecified atom stereocenters. The number of nitrogens with zero attached hydrogens (tertiary/aromatic N) is 1.